The van der Waals surface area contributed by atoms with E-state index in [1.54, 1.807) is 12.1 Å². The fraction of sp³-hybridized carbons (Fsp3) is 0.333. The summed E-state index contributed by atoms with van der Waals surface area (Å²) < 4.78 is 0. The highest BCUT2D eigenvalue weighted by molar-refractivity contribution is 5.52. The summed E-state index contributed by atoms with van der Waals surface area (Å²) in [6.45, 7) is 2.04. The van der Waals surface area contributed by atoms with Gasteiger partial charge in [-0.1, -0.05) is 25.3 Å². The van der Waals surface area contributed by atoms with Crippen molar-refractivity contribution in [3.8, 4) is 12.3 Å². The predicted octanol–water partition coefficient (Wildman–Crippen LogP) is 2.81. The van der Waals surface area contributed by atoms with E-state index in [2.05, 4.69) is 11.2 Å². The number of terminal acetylenes is 1. The van der Waals surface area contributed by atoms with Crippen molar-refractivity contribution in [2.75, 3.05) is 5.32 Å². The maximum absolute atomic E-state index is 10.6. The number of hydrogen-bond donors (Lipinski definition) is 1. The molecule has 0 amide bonds. The summed E-state index contributed by atoms with van der Waals surface area (Å²) in [6.07, 6.45) is 7.17. The summed E-state index contributed by atoms with van der Waals surface area (Å²) in [5, 5.41) is 13.7. The first-order valence-electron chi connectivity index (χ1n) is 5.14. The lowest BCUT2D eigenvalue weighted by Gasteiger charge is -2.12. The Hall–Kier alpha value is -2.02. The van der Waals surface area contributed by atoms with Crippen molar-refractivity contribution < 1.29 is 4.92 Å². The third kappa shape index (κ3) is 3.28. The van der Waals surface area contributed by atoms with E-state index in [-0.39, 0.29) is 11.7 Å². The van der Waals surface area contributed by atoms with Crippen LogP contribution in [0.1, 0.15) is 19.8 Å². The van der Waals surface area contributed by atoms with Gasteiger partial charge in [-0.2, -0.15) is 0 Å². The Labute approximate surface area is 94.8 Å². The summed E-state index contributed by atoms with van der Waals surface area (Å²) in [5.41, 5.74) is 0.753. The van der Waals surface area contributed by atoms with Crippen molar-refractivity contribution >= 4 is 11.4 Å². The number of nitro groups is 1. The Bertz CT molecular complexity index is 410. The quantitative estimate of drug-likeness (QED) is 0.469. The van der Waals surface area contributed by atoms with Gasteiger partial charge in [-0.05, 0) is 12.5 Å². The van der Waals surface area contributed by atoms with Crippen LogP contribution >= 0.6 is 0 Å². The van der Waals surface area contributed by atoms with Gasteiger partial charge in [0.25, 0.3) is 5.69 Å². The van der Waals surface area contributed by atoms with Gasteiger partial charge in [0.2, 0.25) is 0 Å². The second-order valence-electron chi connectivity index (χ2n) is 3.46. The van der Waals surface area contributed by atoms with E-state index < -0.39 is 4.92 Å². The Morgan fingerprint density at radius 2 is 2.38 bits per heavy atom. The Morgan fingerprint density at radius 3 is 2.94 bits per heavy atom. The molecule has 1 N–H and O–H groups in total. The summed E-state index contributed by atoms with van der Waals surface area (Å²) in [5.74, 6) is 2.62. The maximum Gasteiger partial charge on any atom is 0.271 e. The molecule has 0 bridgehead atoms. The number of nitrogens with zero attached hydrogens (tertiary/aromatic N) is 1. The number of nitrogens with one attached hydrogen (secondary N) is 1. The summed E-state index contributed by atoms with van der Waals surface area (Å²) in [6, 6.07) is 6.27. The third-order valence-electron chi connectivity index (χ3n) is 2.18. The second kappa shape index (κ2) is 5.76. The SMILES string of the molecule is C#CC(CCC)Nc1cccc([N+](=O)[O-])c1. The Morgan fingerprint density at radius 1 is 1.62 bits per heavy atom. The van der Waals surface area contributed by atoms with Crippen molar-refractivity contribution in [2.45, 2.75) is 25.8 Å². The molecule has 16 heavy (non-hydrogen) atoms. The van der Waals surface area contributed by atoms with Crippen LogP contribution in [0.2, 0.25) is 0 Å². The lowest BCUT2D eigenvalue weighted by Crippen LogP contribution is -2.16. The first-order chi connectivity index (χ1) is 7.67. The molecule has 1 unspecified atom stereocenters. The molecule has 0 aliphatic rings. The van der Waals surface area contributed by atoms with Gasteiger partial charge in [-0.15, -0.1) is 6.42 Å². The zero-order valence-electron chi connectivity index (χ0n) is 9.14. The zero-order chi connectivity index (χ0) is 12.0. The van der Waals surface area contributed by atoms with Crippen LogP contribution in [-0.2, 0) is 0 Å². The van der Waals surface area contributed by atoms with Gasteiger partial charge in [0.15, 0.2) is 0 Å². The minimum Gasteiger partial charge on any atom is -0.371 e. The van der Waals surface area contributed by atoms with E-state index in [0.29, 0.717) is 5.69 Å². The summed E-state index contributed by atoms with van der Waals surface area (Å²) in [7, 11) is 0. The fourth-order valence-electron chi connectivity index (χ4n) is 1.40. The number of anilines is 1. The van der Waals surface area contributed by atoms with Crippen LogP contribution in [-0.4, -0.2) is 11.0 Å². The summed E-state index contributed by atoms with van der Waals surface area (Å²) >= 11 is 0. The van der Waals surface area contributed by atoms with Gasteiger partial charge in [-0.3, -0.25) is 10.1 Å². The monoisotopic (exact) mass is 218 g/mol. The molecule has 0 heterocycles. The topological polar surface area (TPSA) is 55.2 Å². The van der Waals surface area contributed by atoms with Crippen molar-refractivity contribution in [3.63, 3.8) is 0 Å². The Balaban J connectivity index is 2.77. The van der Waals surface area contributed by atoms with Gasteiger partial charge in [-0.25, -0.2) is 0 Å². The minimum atomic E-state index is -0.421. The van der Waals surface area contributed by atoms with Crippen LogP contribution in [0, 0.1) is 22.5 Å². The number of non-ortho nitro benzene ring substituents is 1. The molecule has 1 rings (SSSR count). The molecule has 1 atom stereocenters. The van der Waals surface area contributed by atoms with E-state index >= 15 is 0 Å². The van der Waals surface area contributed by atoms with Crippen LogP contribution < -0.4 is 5.32 Å². The molecule has 0 saturated heterocycles. The van der Waals surface area contributed by atoms with E-state index in [1.807, 2.05) is 6.92 Å². The minimum absolute atomic E-state index is 0.0669. The molecule has 84 valence electrons. The molecular formula is C12H14N2O2. The van der Waals surface area contributed by atoms with Crippen LogP contribution in [0.25, 0.3) is 0 Å². The average Bonchev–Trinajstić information content (AvgIpc) is 2.29. The van der Waals surface area contributed by atoms with Crippen LogP contribution in [0.3, 0.4) is 0 Å². The molecule has 0 radical (unpaired) electrons. The Kier molecular flexibility index (Phi) is 4.34. The molecule has 0 fully saturated rings. The van der Waals surface area contributed by atoms with Gasteiger partial charge in [0.05, 0.1) is 11.0 Å². The maximum atomic E-state index is 10.6. The first-order valence-corrected chi connectivity index (χ1v) is 5.14. The molecule has 0 aromatic heterocycles. The van der Waals surface area contributed by atoms with Crippen molar-refractivity contribution in [1.82, 2.24) is 0 Å². The number of nitro benzene ring substituents is 1. The van der Waals surface area contributed by atoms with Gasteiger partial charge in [0, 0.05) is 17.8 Å². The third-order valence-corrected chi connectivity index (χ3v) is 2.18. The van der Waals surface area contributed by atoms with E-state index in [4.69, 9.17) is 6.42 Å². The largest absolute Gasteiger partial charge is 0.371 e. The fourth-order valence-corrected chi connectivity index (χ4v) is 1.40. The standard InChI is InChI=1S/C12H14N2O2/c1-3-6-10(4-2)13-11-7-5-8-12(9-11)14(15)16/h2,5,7-10,13H,3,6H2,1H3. The van der Waals surface area contributed by atoms with Crippen molar-refractivity contribution in [2.24, 2.45) is 0 Å². The molecule has 4 nitrogen and oxygen atoms in total. The van der Waals surface area contributed by atoms with Crippen LogP contribution in [0.15, 0.2) is 24.3 Å². The highest BCUT2D eigenvalue weighted by Gasteiger charge is 2.08. The summed E-state index contributed by atoms with van der Waals surface area (Å²) in [4.78, 5) is 10.2. The number of hydrogen-bond acceptors (Lipinski definition) is 3. The first kappa shape index (κ1) is 12.1. The van der Waals surface area contributed by atoms with Crippen LogP contribution in [0.5, 0.6) is 0 Å². The van der Waals surface area contributed by atoms with E-state index in [9.17, 15) is 10.1 Å². The normalized spacial score (nSPS) is 11.5. The number of benzene rings is 1. The zero-order valence-corrected chi connectivity index (χ0v) is 9.14. The van der Waals surface area contributed by atoms with Gasteiger partial charge < -0.3 is 5.32 Å². The number of rotatable bonds is 5. The van der Waals surface area contributed by atoms with E-state index in [1.165, 1.54) is 12.1 Å². The molecule has 1 aromatic rings. The lowest BCUT2D eigenvalue weighted by atomic mass is 10.1. The predicted molar refractivity (Wildman–Crippen MR) is 64.2 cm³/mol. The lowest BCUT2D eigenvalue weighted by molar-refractivity contribution is -0.384. The highest BCUT2D eigenvalue weighted by atomic mass is 16.6. The average molecular weight is 218 g/mol. The van der Waals surface area contributed by atoms with Crippen molar-refractivity contribution in [3.05, 3.63) is 34.4 Å². The molecule has 0 saturated carbocycles. The van der Waals surface area contributed by atoms with Gasteiger partial charge >= 0.3 is 0 Å². The molecule has 1 aromatic carbocycles. The van der Waals surface area contributed by atoms with Gasteiger partial charge in [0.1, 0.15) is 0 Å². The molecular weight excluding hydrogens is 204 g/mol. The molecule has 4 heteroatoms. The van der Waals surface area contributed by atoms with Crippen LogP contribution in [0.4, 0.5) is 11.4 Å². The highest BCUT2D eigenvalue weighted by Crippen LogP contribution is 2.18. The molecule has 0 aliphatic heterocycles. The van der Waals surface area contributed by atoms with Crippen molar-refractivity contribution in [1.29, 1.82) is 0 Å². The molecule has 0 spiro atoms. The second-order valence-corrected chi connectivity index (χ2v) is 3.46. The van der Waals surface area contributed by atoms with E-state index in [0.717, 1.165) is 12.8 Å². The molecule has 0 aliphatic carbocycles. The smallest absolute Gasteiger partial charge is 0.271 e.